The van der Waals surface area contributed by atoms with Crippen molar-refractivity contribution in [2.75, 3.05) is 6.61 Å². The first kappa shape index (κ1) is 13.9. The Hall–Kier alpha value is -0.570. The highest BCUT2D eigenvalue weighted by molar-refractivity contribution is 5.77. The van der Waals surface area contributed by atoms with Gasteiger partial charge in [0, 0.05) is 6.04 Å². The van der Waals surface area contributed by atoms with E-state index in [-0.39, 0.29) is 12.0 Å². The quantitative estimate of drug-likeness (QED) is 0.787. The van der Waals surface area contributed by atoms with Crippen molar-refractivity contribution in [2.24, 2.45) is 17.1 Å². The third-order valence-electron chi connectivity index (χ3n) is 4.92. The van der Waals surface area contributed by atoms with Crippen molar-refractivity contribution in [3.05, 3.63) is 0 Å². The zero-order valence-electron chi connectivity index (χ0n) is 11.6. The largest absolute Gasteiger partial charge is 0.465 e. The van der Waals surface area contributed by atoms with E-state index in [4.69, 9.17) is 10.5 Å². The monoisotopic (exact) mass is 253 g/mol. The lowest BCUT2D eigenvalue weighted by molar-refractivity contribution is -0.159. The lowest BCUT2D eigenvalue weighted by Crippen LogP contribution is -2.48. The molecule has 2 saturated carbocycles. The summed E-state index contributed by atoms with van der Waals surface area (Å²) in [5, 5.41) is 0. The average molecular weight is 253 g/mol. The molecule has 0 radical (unpaired) electrons. The van der Waals surface area contributed by atoms with E-state index in [1.807, 2.05) is 6.92 Å². The SMILES string of the molecule is CC1(C(=O)OCC2CCCCC2)CCCCC1N. The molecule has 3 heteroatoms. The summed E-state index contributed by atoms with van der Waals surface area (Å²) in [6.07, 6.45) is 10.4. The van der Waals surface area contributed by atoms with Gasteiger partial charge >= 0.3 is 5.97 Å². The molecule has 2 aliphatic carbocycles. The fourth-order valence-electron chi connectivity index (χ4n) is 3.33. The smallest absolute Gasteiger partial charge is 0.313 e. The maximum absolute atomic E-state index is 12.3. The van der Waals surface area contributed by atoms with Gasteiger partial charge in [-0.1, -0.05) is 32.1 Å². The standard InChI is InChI=1S/C15H27NO2/c1-15(10-6-5-9-13(15)16)14(17)18-11-12-7-3-2-4-8-12/h12-13H,2-11,16H2,1H3. The summed E-state index contributed by atoms with van der Waals surface area (Å²) in [5.74, 6) is 0.534. The topological polar surface area (TPSA) is 52.3 Å². The van der Waals surface area contributed by atoms with E-state index in [2.05, 4.69) is 0 Å². The van der Waals surface area contributed by atoms with Crippen LogP contribution >= 0.6 is 0 Å². The predicted octanol–water partition coefficient (Wildman–Crippen LogP) is 3.02. The van der Waals surface area contributed by atoms with Gasteiger partial charge in [-0.15, -0.1) is 0 Å². The minimum absolute atomic E-state index is 0.0231. The Balaban J connectivity index is 1.82. The summed E-state index contributed by atoms with van der Waals surface area (Å²) in [5.41, 5.74) is 5.68. The first-order valence-electron chi connectivity index (χ1n) is 7.56. The molecule has 0 bridgehead atoms. The Labute approximate surface area is 110 Å². The van der Waals surface area contributed by atoms with Crippen LogP contribution in [0.15, 0.2) is 0 Å². The molecule has 0 aromatic heterocycles. The minimum Gasteiger partial charge on any atom is -0.465 e. The highest BCUT2D eigenvalue weighted by Gasteiger charge is 2.42. The first-order chi connectivity index (χ1) is 8.63. The molecule has 0 spiro atoms. The van der Waals surface area contributed by atoms with Gasteiger partial charge in [-0.2, -0.15) is 0 Å². The van der Waals surface area contributed by atoms with Gasteiger partial charge in [0.25, 0.3) is 0 Å². The molecule has 2 rings (SSSR count). The zero-order chi connectivity index (χ0) is 13.0. The van der Waals surface area contributed by atoms with Gasteiger partial charge in [0.1, 0.15) is 0 Å². The predicted molar refractivity (Wildman–Crippen MR) is 72.1 cm³/mol. The molecule has 2 aliphatic rings. The van der Waals surface area contributed by atoms with Gasteiger partial charge in [-0.25, -0.2) is 0 Å². The molecular weight excluding hydrogens is 226 g/mol. The molecule has 0 saturated heterocycles. The van der Waals surface area contributed by atoms with Crippen molar-refractivity contribution in [1.29, 1.82) is 0 Å². The van der Waals surface area contributed by atoms with Crippen LogP contribution in [0.1, 0.15) is 64.7 Å². The van der Waals surface area contributed by atoms with Crippen LogP contribution in [0.2, 0.25) is 0 Å². The summed E-state index contributed by atoms with van der Waals surface area (Å²) in [7, 11) is 0. The van der Waals surface area contributed by atoms with E-state index < -0.39 is 5.41 Å². The lowest BCUT2D eigenvalue weighted by atomic mass is 9.72. The second-order valence-corrected chi connectivity index (χ2v) is 6.37. The van der Waals surface area contributed by atoms with Crippen molar-refractivity contribution in [2.45, 2.75) is 70.8 Å². The Morgan fingerprint density at radius 2 is 1.83 bits per heavy atom. The van der Waals surface area contributed by atoms with E-state index in [1.165, 1.54) is 32.1 Å². The number of carbonyl (C=O) groups excluding carboxylic acids is 1. The van der Waals surface area contributed by atoms with Gasteiger partial charge in [0.15, 0.2) is 0 Å². The van der Waals surface area contributed by atoms with Crippen LogP contribution in [0.25, 0.3) is 0 Å². The van der Waals surface area contributed by atoms with Crippen molar-refractivity contribution in [1.82, 2.24) is 0 Å². The summed E-state index contributed by atoms with van der Waals surface area (Å²) in [6, 6.07) is -0.0231. The van der Waals surface area contributed by atoms with E-state index >= 15 is 0 Å². The molecule has 2 atom stereocenters. The third kappa shape index (κ3) is 3.05. The Bertz CT molecular complexity index is 286. The number of hydrogen-bond donors (Lipinski definition) is 1. The maximum Gasteiger partial charge on any atom is 0.313 e. The zero-order valence-corrected chi connectivity index (χ0v) is 11.6. The number of nitrogens with two attached hydrogens (primary N) is 1. The third-order valence-corrected chi connectivity index (χ3v) is 4.92. The van der Waals surface area contributed by atoms with Crippen LogP contribution in [-0.4, -0.2) is 18.6 Å². The molecule has 0 aromatic rings. The molecular formula is C15H27NO2. The molecule has 104 valence electrons. The second-order valence-electron chi connectivity index (χ2n) is 6.37. The van der Waals surface area contributed by atoms with E-state index in [0.29, 0.717) is 12.5 Å². The maximum atomic E-state index is 12.3. The lowest BCUT2D eigenvalue weighted by Gasteiger charge is -2.37. The first-order valence-corrected chi connectivity index (χ1v) is 7.56. The summed E-state index contributed by atoms with van der Waals surface area (Å²) < 4.78 is 5.58. The van der Waals surface area contributed by atoms with E-state index in [1.54, 1.807) is 0 Å². The van der Waals surface area contributed by atoms with Crippen LogP contribution in [-0.2, 0) is 9.53 Å². The highest BCUT2D eigenvalue weighted by atomic mass is 16.5. The van der Waals surface area contributed by atoms with Gasteiger partial charge < -0.3 is 10.5 Å². The fourth-order valence-corrected chi connectivity index (χ4v) is 3.33. The summed E-state index contributed by atoms with van der Waals surface area (Å²) >= 11 is 0. The number of carbonyl (C=O) groups is 1. The van der Waals surface area contributed by atoms with Gasteiger partial charge in [0.2, 0.25) is 0 Å². The van der Waals surface area contributed by atoms with Crippen LogP contribution in [0, 0.1) is 11.3 Å². The molecule has 18 heavy (non-hydrogen) atoms. The molecule has 0 amide bonds. The number of ether oxygens (including phenoxy) is 1. The van der Waals surface area contributed by atoms with E-state index in [9.17, 15) is 4.79 Å². The molecule has 0 heterocycles. The molecule has 0 aliphatic heterocycles. The average Bonchev–Trinajstić information content (AvgIpc) is 2.40. The Morgan fingerprint density at radius 1 is 1.17 bits per heavy atom. The fraction of sp³-hybridized carbons (Fsp3) is 0.933. The number of hydrogen-bond acceptors (Lipinski definition) is 3. The number of esters is 1. The van der Waals surface area contributed by atoms with Crippen molar-refractivity contribution < 1.29 is 9.53 Å². The highest BCUT2D eigenvalue weighted by Crippen LogP contribution is 2.36. The van der Waals surface area contributed by atoms with Gasteiger partial charge in [-0.3, -0.25) is 4.79 Å². The van der Waals surface area contributed by atoms with Crippen molar-refractivity contribution >= 4 is 5.97 Å². The van der Waals surface area contributed by atoms with Gasteiger partial charge in [0.05, 0.1) is 12.0 Å². The molecule has 2 unspecified atom stereocenters. The molecule has 0 aromatic carbocycles. The van der Waals surface area contributed by atoms with Crippen molar-refractivity contribution in [3.63, 3.8) is 0 Å². The van der Waals surface area contributed by atoms with Crippen molar-refractivity contribution in [3.8, 4) is 0 Å². The minimum atomic E-state index is -0.438. The molecule has 2 N–H and O–H groups in total. The van der Waals surface area contributed by atoms with Crippen LogP contribution in [0.5, 0.6) is 0 Å². The summed E-state index contributed by atoms with van der Waals surface area (Å²) in [6.45, 7) is 2.60. The second kappa shape index (κ2) is 6.05. The van der Waals surface area contributed by atoms with Crippen LogP contribution < -0.4 is 5.73 Å². The normalized spacial score (nSPS) is 34.2. The van der Waals surface area contributed by atoms with E-state index in [0.717, 1.165) is 25.7 Å². The molecule has 3 nitrogen and oxygen atoms in total. The number of rotatable bonds is 3. The molecule has 2 fully saturated rings. The Kier molecular flexibility index (Phi) is 4.66. The summed E-state index contributed by atoms with van der Waals surface area (Å²) in [4.78, 5) is 12.3. The van der Waals surface area contributed by atoms with Gasteiger partial charge in [-0.05, 0) is 38.5 Å². The van der Waals surface area contributed by atoms with Crippen LogP contribution in [0.4, 0.5) is 0 Å². The van der Waals surface area contributed by atoms with Crippen LogP contribution in [0.3, 0.4) is 0 Å². The Morgan fingerprint density at radius 3 is 2.50 bits per heavy atom.